The summed E-state index contributed by atoms with van der Waals surface area (Å²) in [6.07, 6.45) is 0. The lowest BCUT2D eigenvalue weighted by Crippen LogP contribution is -2.11. The number of halogens is 2. The molecule has 0 saturated carbocycles. The summed E-state index contributed by atoms with van der Waals surface area (Å²) in [7, 11) is 0. The maximum atomic E-state index is 13.9. The van der Waals surface area contributed by atoms with Crippen LogP contribution in [0.15, 0.2) is 29.1 Å². The highest BCUT2D eigenvalue weighted by molar-refractivity contribution is 6.31. The number of H-pyrrole nitrogens is 1. The molecule has 0 fully saturated rings. The summed E-state index contributed by atoms with van der Waals surface area (Å²) in [6.45, 7) is 3.83. The fourth-order valence-corrected chi connectivity index (χ4v) is 1.76. The first kappa shape index (κ1) is 12.8. The smallest absolute Gasteiger partial charge is 0.251 e. The van der Waals surface area contributed by atoms with Crippen LogP contribution < -0.4 is 5.56 Å². The van der Waals surface area contributed by atoms with Crippen LogP contribution in [0, 0.1) is 5.82 Å². The van der Waals surface area contributed by atoms with Crippen LogP contribution >= 0.6 is 11.6 Å². The van der Waals surface area contributed by atoms with Gasteiger partial charge in [0.2, 0.25) is 0 Å². The maximum absolute atomic E-state index is 13.9. The fourth-order valence-electron chi connectivity index (χ4n) is 1.59. The first-order valence-corrected chi connectivity index (χ1v) is 5.92. The Kier molecular flexibility index (Phi) is 3.48. The van der Waals surface area contributed by atoms with Gasteiger partial charge in [-0.3, -0.25) is 4.79 Å². The van der Waals surface area contributed by atoms with E-state index in [-0.39, 0.29) is 27.9 Å². The monoisotopic (exact) mass is 266 g/mol. The quantitative estimate of drug-likeness (QED) is 0.906. The van der Waals surface area contributed by atoms with E-state index in [0.717, 1.165) is 0 Å². The van der Waals surface area contributed by atoms with Gasteiger partial charge in [-0.25, -0.2) is 9.37 Å². The third-order valence-electron chi connectivity index (χ3n) is 2.56. The fraction of sp³-hybridized carbons (Fsp3) is 0.231. The SMILES string of the molecule is CC(C)c1cc(=O)[nH]c(-c2cccc(Cl)c2F)n1. The normalized spacial score (nSPS) is 10.9. The molecule has 0 saturated heterocycles. The van der Waals surface area contributed by atoms with Crippen molar-refractivity contribution in [2.45, 2.75) is 19.8 Å². The van der Waals surface area contributed by atoms with Crippen LogP contribution in [0.5, 0.6) is 0 Å². The van der Waals surface area contributed by atoms with Crippen LogP contribution in [0.1, 0.15) is 25.5 Å². The molecule has 3 nitrogen and oxygen atoms in total. The highest BCUT2D eigenvalue weighted by Crippen LogP contribution is 2.25. The van der Waals surface area contributed by atoms with Gasteiger partial charge in [-0.05, 0) is 18.1 Å². The van der Waals surface area contributed by atoms with E-state index in [1.54, 1.807) is 6.07 Å². The van der Waals surface area contributed by atoms with Crippen molar-refractivity contribution in [2.24, 2.45) is 0 Å². The third kappa shape index (κ3) is 2.43. The lowest BCUT2D eigenvalue weighted by molar-refractivity contribution is 0.630. The molecule has 0 aliphatic carbocycles. The predicted octanol–water partition coefficient (Wildman–Crippen LogP) is 3.35. The number of rotatable bonds is 2. The molecule has 1 heterocycles. The van der Waals surface area contributed by atoms with Crippen molar-refractivity contribution in [1.82, 2.24) is 9.97 Å². The van der Waals surface area contributed by atoms with E-state index in [2.05, 4.69) is 9.97 Å². The van der Waals surface area contributed by atoms with Crippen LogP contribution in [0.2, 0.25) is 5.02 Å². The topological polar surface area (TPSA) is 45.8 Å². The molecule has 94 valence electrons. The van der Waals surface area contributed by atoms with Crippen molar-refractivity contribution < 1.29 is 4.39 Å². The van der Waals surface area contributed by atoms with Gasteiger partial charge in [0.25, 0.3) is 5.56 Å². The van der Waals surface area contributed by atoms with E-state index in [9.17, 15) is 9.18 Å². The summed E-state index contributed by atoms with van der Waals surface area (Å²) in [5, 5.41) is 0.00472. The molecule has 0 spiro atoms. The van der Waals surface area contributed by atoms with Gasteiger partial charge in [0.05, 0.1) is 16.3 Å². The van der Waals surface area contributed by atoms with Gasteiger partial charge in [-0.15, -0.1) is 0 Å². The Labute approximate surface area is 109 Å². The zero-order chi connectivity index (χ0) is 13.3. The van der Waals surface area contributed by atoms with Crippen LogP contribution in [0.25, 0.3) is 11.4 Å². The number of benzene rings is 1. The minimum absolute atomic E-state index is 0.00472. The van der Waals surface area contributed by atoms with Gasteiger partial charge >= 0.3 is 0 Å². The second-order valence-electron chi connectivity index (χ2n) is 4.27. The van der Waals surface area contributed by atoms with E-state index in [0.29, 0.717) is 5.69 Å². The Morgan fingerprint density at radius 1 is 1.39 bits per heavy atom. The molecule has 1 N–H and O–H groups in total. The Morgan fingerprint density at radius 3 is 2.78 bits per heavy atom. The van der Waals surface area contributed by atoms with Crippen molar-refractivity contribution in [1.29, 1.82) is 0 Å². The third-order valence-corrected chi connectivity index (χ3v) is 2.85. The molecular weight excluding hydrogens is 255 g/mol. The summed E-state index contributed by atoms with van der Waals surface area (Å²) in [4.78, 5) is 18.3. The second kappa shape index (κ2) is 4.90. The van der Waals surface area contributed by atoms with Crippen molar-refractivity contribution in [3.05, 3.63) is 51.2 Å². The Morgan fingerprint density at radius 2 is 2.11 bits per heavy atom. The minimum atomic E-state index is -0.580. The molecule has 2 aromatic rings. The van der Waals surface area contributed by atoms with Gasteiger partial charge in [0, 0.05) is 6.07 Å². The predicted molar refractivity (Wildman–Crippen MR) is 69.4 cm³/mol. The maximum Gasteiger partial charge on any atom is 0.251 e. The molecule has 5 heteroatoms. The summed E-state index contributed by atoms with van der Waals surface area (Å²) in [6, 6.07) is 6.01. The summed E-state index contributed by atoms with van der Waals surface area (Å²) < 4.78 is 13.9. The van der Waals surface area contributed by atoms with Gasteiger partial charge in [0.15, 0.2) is 5.82 Å². The molecule has 0 amide bonds. The number of hydrogen-bond acceptors (Lipinski definition) is 2. The number of aromatic nitrogens is 2. The summed E-state index contributed by atoms with van der Waals surface area (Å²) >= 11 is 5.71. The highest BCUT2D eigenvalue weighted by Gasteiger charge is 2.12. The molecule has 18 heavy (non-hydrogen) atoms. The number of hydrogen-bond donors (Lipinski definition) is 1. The van der Waals surface area contributed by atoms with Crippen LogP contribution in [-0.4, -0.2) is 9.97 Å². The molecule has 0 bridgehead atoms. The molecular formula is C13H12ClFN2O. The van der Waals surface area contributed by atoms with E-state index in [1.165, 1.54) is 18.2 Å². The average molecular weight is 267 g/mol. The zero-order valence-electron chi connectivity index (χ0n) is 10.00. The Balaban J connectivity index is 2.64. The molecule has 0 unspecified atom stereocenters. The Hall–Kier alpha value is -1.68. The van der Waals surface area contributed by atoms with Crippen molar-refractivity contribution >= 4 is 11.6 Å². The Bertz CT molecular complexity index is 637. The second-order valence-corrected chi connectivity index (χ2v) is 4.68. The number of nitrogens with one attached hydrogen (secondary N) is 1. The van der Waals surface area contributed by atoms with Gasteiger partial charge in [-0.2, -0.15) is 0 Å². The highest BCUT2D eigenvalue weighted by atomic mass is 35.5. The van der Waals surface area contributed by atoms with Crippen molar-refractivity contribution in [3.8, 4) is 11.4 Å². The van der Waals surface area contributed by atoms with Crippen molar-refractivity contribution in [3.63, 3.8) is 0 Å². The average Bonchev–Trinajstić information content (AvgIpc) is 2.31. The summed E-state index contributed by atoms with van der Waals surface area (Å²) in [5.41, 5.74) is 0.512. The van der Waals surface area contributed by atoms with Crippen LogP contribution in [-0.2, 0) is 0 Å². The summed E-state index contributed by atoms with van der Waals surface area (Å²) in [5.74, 6) is -0.289. The number of nitrogens with zero attached hydrogens (tertiary/aromatic N) is 1. The van der Waals surface area contributed by atoms with E-state index < -0.39 is 5.82 Å². The lowest BCUT2D eigenvalue weighted by Gasteiger charge is -2.08. The zero-order valence-corrected chi connectivity index (χ0v) is 10.8. The van der Waals surface area contributed by atoms with Crippen LogP contribution in [0.4, 0.5) is 4.39 Å². The van der Waals surface area contributed by atoms with Gasteiger partial charge < -0.3 is 4.98 Å². The van der Waals surface area contributed by atoms with E-state index in [1.807, 2.05) is 13.8 Å². The molecule has 2 rings (SSSR count). The molecule has 0 aliphatic rings. The molecule has 1 aromatic heterocycles. The van der Waals surface area contributed by atoms with Gasteiger partial charge in [0.1, 0.15) is 5.82 Å². The largest absolute Gasteiger partial charge is 0.306 e. The molecule has 0 atom stereocenters. The lowest BCUT2D eigenvalue weighted by atomic mass is 10.1. The van der Waals surface area contributed by atoms with E-state index in [4.69, 9.17) is 11.6 Å². The van der Waals surface area contributed by atoms with Crippen LogP contribution in [0.3, 0.4) is 0 Å². The van der Waals surface area contributed by atoms with Gasteiger partial charge in [-0.1, -0.05) is 31.5 Å². The molecule has 1 aromatic carbocycles. The minimum Gasteiger partial charge on any atom is -0.306 e. The molecule has 0 radical (unpaired) electrons. The molecule has 0 aliphatic heterocycles. The van der Waals surface area contributed by atoms with E-state index >= 15 is 0 Å². The first-order valence-electron chi connectivity index (χ1n) is 5.54. The van der Waals surface area contributed by atoms with Crippen molar-refractivity contribution in [2.75, 3.05) is 0 Å². The first-order chi connectivity index (χ1) is 8.49. The standard InChI is InChI=1S/C13H12ClFN2O/c1-7(2)10-6-11(18)17-13(16-10)8-4-3-5-9(14)12(8)15/h3-7H,1-2H3,(H,16,17,18). The number of aromatic amines is 1.